The second-order valence-corrected chi connectivity index (χ2v) is 9.03. The Labute approximate surface area is 165 Å². The van der Waals surface area contributed by atoms with Crippen LogP contribution in [0, 0.1) is 0 Å². The summed E-state index contributed by atoms with van der Waals surface area (Å²) in [6.07, 6.45) is 5.07. The third kappa shape index (κ3) is 4.32. The highest BCUT2D eigenvalue weighted by Gasteiger charge is 2.36. The molecule has 1 aliphatic rings. The fourth-order valence-corrected chi connectivity index (χ4v) is 5.20. The first-order valence-electron chi connectivity index (χ1n) is 9.78. The predicted molar refractivity (Wildman–Crippen MR) is 114 cm³/mol. The largest absolute Gasteiger partial charge is 0.394 e. The van der Waals surface area contributed by atoms with Crippen LogP contribution in [0.1, 0.15) is 40.5 Å². The maximum absolute atomic E-state index is 9.48. The van der Waals surface area contributed by atoms with Crippen molar-refractivity contribution in [1.29, 1.82) is 0 Å². The van der Waals surface area contributed by atoms with Gasteiger partial charge in [0.25, 0.3) is 0 Å². The Balaban J connectivity index is 1.35. The molecular formula is C24H27NOS. The van der Waals surface area contributed by atoms with Gasteiger partial charge in [-0.05, 0) is 66.8 Å². The van der Waals surface area contributed by atoms with E-state index in [-0.39, 0.29) is 12.1 Å². The van der Waals surface area contributed by atoms with Gasteiger partial charge in [0, 0.05) is 15.3 Å². The lowest BCUT2D eigenvalue weighted by atomic mass is 9.98. The molecule has 0 spiro atoms. The van der Waals surface area contributed by atoms with Crippen LogP contribution in [0.25, 0.3) is 11.1 Å². The van der Waals surface area contributed by atoms with Crippen molar-refractivity contribution in [3.8, 4) is 11.1 Å². The summed E-state index contributed by atoms with van der Waals surface area (Å²) >= 11 is 1.92. The van der Waals surface area contributed by atoms with E-state index in [1.54, 1.807) is 0 Å². The Morgan fingerprint density at radius 3 is 2.37 bits per heavy atom. The Kier molecular flexibility index (Phi) is 5.44. The van der Waals surface area contributed by atoms with Gasteiger partial charge in [-0.15, -0.1) is 11.3 Å². The van der Waals surface area contributed by atoms with Crippen LogP contribution < -0.4 is 5.73 Å². The fourth-order valence-electron chi connectivity index (χ4n) is 4.05. The molecule has 27 heavy (non-hydrogen) atoms. The molecule has 1 aromatic heterocycles. The Bertz CT molecular complexity index is 871. The summed E-state index contributed by atoms with van der Waals surface area (Å²) in [7, 11) is 0. The minimum absolute atomic E-state index is 0.0979. The van der Waals surface area contributed by atoms with Crippen molar-refractivity contribution in [3.05, 3.63) is 82.0 Å². The first kappa shape index (κ1) is 18.4. The number of nitrogens with two attached hydrogens (primary N) is 1. The molecule has 1 saturated carbocycles. The average molecular weight is 378 g/mol. The van der Waals surface area contributed by atoms with E-state index in [2.05, 4.69) is 66.7 Å². The van der Waals surface area contributed by atoms with Crippen molar-refractivity contribution in [2.45, 2.75) is 43.6 Å². The van der Waals surface area contributed by atoms with Gasteiger partial charge in [0.2, 0.25) is 0 Å². The van der Waals surface area contributed by atoms with Gasteiger partial charge in [-0.1, -0.05) is 54.6 Å². The standard InChI is InChI=1S/C24H27NOS/c25-24(17-26)15-14-21(16-24)23-13-12-22(27-23)11-8-18-6-9-20(10-7-18)19-4-2-1-3-5-19/h1-7,9-10,12-13,21,26H,8,11,14-17,25H2/t21-,24+/m0/s1. The predicted octanol–water partition coefficient (Wildman–Crippen LogP) is 5.16. The van der Waals surface area contributed by atoms with Gasteiger partial charge in [0.15, 0.2) is 0 Å². The Morgan fingerprint density at radius 2 is 1.67 bits per heavy atom. The molecule has 3 N–H and O–H groups in total. The van der Waals surface area contributed by atoms with Gasteiger partial charge in [-0.3, -0.25) is 0 Å². The van der Waals surface area contributed by atoms with E-state index in [1.165, 1.54) is 26.4 Å². The number of aryl methyl sites for hydroxylation is 2. The highest BCUT2D eigenvalue weighted by Crippen LogP contribution is 2.42. The van der Waals surface area contributed by atoms with Crippen LogP contribution in [0.3, 0.4) is 0 Å². The molecule has 0 amide bonds. The molecule has 1 aliphatic carbocycles. The molecule has 2 aromatic carbocycles. The SMILES string of the molecule is N[C@]1(CO)CC[C@H](c2ccc(CCc3ccc(-c4ccccc4)cc3)s2)C1. The molecule has 3 aromatic rings. The summed E-state index contributed by atoms with van der Waals surface area (Å²) in [6.45, 7) is 0.0979. The number of hydrogen-bond donors (Lipinski definition) is 2. The molecule has 0 unspecified atom stereocenters. The lowest BCUT2D eigenvalue weighted by Crippen LogP contribution is -2.40. The normalized spacial score (nSPS) is 22.2. The number of aliphatic hydroxyl groups excluding tert-OH is 1. The quantitative estimate of drug-likeness (QED) is 0.623. The smallest absolute Gasteiger partial charge is 0.0611 e. The average Bonchev–Trinajstić information content (AvgIpc) is 3.35. The molecule has 2 atom stereocenters. The van der Waals surface area contributed by atoms with Crippen LogP contribution in [0.5, 0.6) is 0 Å². The third-order valence-electron chi connectivity index (χ3n) is 5.76. The lowest BCUT2D eigenvalue weighted by Gasteiger charge is -2.20. The van der Waals surface area contributed by atoms with Crippen molar-refractivity contribution < 1.29 is 5.11 Å². The molecule has 2 nitrogen and oxygen atoms in total. The number of aliphatic hydroxyl groups is 1. The molecule has 4 rings (SSSR count). The van der Waals surface area contributed by atoms with Crippen LogP contribution in [0.4, 0.5) is 0 Å². The van der Waals surface area contributed by atoms with Crippen LogP contribution >= 0.6 is 11.3 Å². The van der Waals surface area contributed by atoms with Crippen molar-refractivity contribution in [2.75, 3.05) is 6.61 Å². The van der Waals surface area contributed by atoms with E-state index in [0.717, 1.165) is 32.1 Å². The van der Waals surface area contributed by atoms with Gasteiger partial charge in [0.05, 0.1) is 6.61 Å². The minimum Gasteiger partial charge on any atom is -0.394 e. The van der Waals surface area contributed by atoms with Gasteiger partial charge >= 0.3 is 0 Å². The van der Waals surface area contributed by atoms with E-state index in [4.69, 9.17) is 5.73 Å². The lowest BCUT2D eigenvalue weighted by molar-refractivity contribution is 0.198. The summed E-state index contributed by atoms with van der Waals surface area (Å²) in [4.78, 5) is 2.88. The highest BCUT2D eigenvalue weighted by molar-refractivity contribution is 7.12. The fraction of sp³-hybridized carbons (Fsp3) is 0.333. The summed E-state index contributed by atoms with van der Waals surface area (Å²) in [5.74, 6) is 0.519. The summed E-state index contributed by atoms with van der Waals surface area (Å²) in [5, 5.41) is 9.48. The second kappa shape index (κ2) is 7.97. The van der Waals surface area contributed by atoms with Gasteiger partial charge in [-0.25, -0.2) is 0 Å². The minimum atomic E-state index is -0.366. The Morgan fingerprint density at radius 1 is 0.926 bits per heavy atom. The molecule has 140 valence electrons. The van der Waals surface area contributed by atoms with Crippen molar-refractivity contribution in [1.82, 2.24) is 0 Å². The van der Waals surface area contributed by atoms with Crippen LogP contribution in [0.2, 0.25) is 0 Å². The maximum atomic E-state index is 9.48. The van der Waals surface area contributed by atoms with Crippen LogP contribution in [0.15, 0.2) is 66.7 Å². The summed E-state index contributed by atoms with van der Waals surface area (Å²) in [6, 6.07) is 24.0. The van der Waals surface area contributed by atoms with Crippen LogP contribution in [-0.2, 0) is 12.8 Å². The van der Waals surface area contributed by atoms with E-state index >= 15 is 0 Å². The zero-order valence-electron chi connectivity index (χ0n) is 15.6. The van der Waals surface area contributed by atoms with Crippen molar-refractivity contribution in [3.63, 3.8) is 0 Å². The third-order valence-corrected chi connectivity index (χ3v) is 7.07. The summed E-state index contributed by atoms with van der Waals surface area (Å²) in [5.41, 5.74) is 9.79. The number of benzene rings is 2. The van der Waals surface area contributed by atoms with E-state index in [9.17, 15) is 5.11 Å². The monoisotopic (exact) mass is 377 g/mol. The van der Waals surface area contributed by atoms with Crippen molar-refractivity contribution in [2.24, 2.45) is 5.73 Å². The number of thiophene rings is 1. The molecule has 1 fully saturated rings. The van der Waals surface area contributed by atoms with Gasteiger partial charge < -0.3 is 10.8 Å². The van der Waals surface area contributed by atoms with Gasteiger partial charge in [0.1, 0.15) is 0 Å². The first-order chi connectivity index (χ1) is 13.1. The molecule has 0 saturated heterocycles. The van der Waals surface area contributed by atoms with E-state index in [1.807, 2.05) is 11.3 Å². The highest BCUT2D eigenvalue weighted by atomic mass is 32.1. The maximum Gasteiger partial charge on any atom is 0.0611 e. The number of rotatable bonds is 6. The van der Waals surface area contributed by atoms with Gasteiger partial charge in [-0.2, -0.15) is 0 Å². The second-order valence-electron chi connectivity index (χ2n) is 7.83. The zero-order chi connectivity index (χ0) is 18.7. The van der Waals surface area contributed by atoms with Crippen LogP contribution in [-0.4, -0.2) is 17.3 Å². The zero-order valence-corrected chi connectivity index (χ0v) is 16.4. The van der Waals surface area contributed by atoms with E-state index in [0.29, 0.717) is 5.92 Å². The Hall–Kier alpha value is -1.94. The first-order valence-corrected chi connectivity index (χ1v) is 10.6. The topological polar surface area (TPSA) is 46.2 Å². The molecule has 0 aliphatic heterocycles. The molecule has 0 radical (unpaired) electrons. The molecular weight excluding hydrogens is 350 g/mol. The molecule has 1 heterocycles. The molecule has 0 bridgehead atoms. The number of hydrogen-bond acceptors (Lipinski definition) is 3. The van der Waals surface area contributed by atoms with Crippen molar-refractivity contribution >= 4 is 11.3 Å². The summed E-state index contributed by atoms with van der Waals surface area (Å²) < 4.78 is 0. The van der Waals surface area contributed by atoms with E-state index < -0.39 is 0 Å². The molecule has 3 heteroatoms.